The Hall–Kier alpha value is -1.33. The molecule has 1 heterocycles. The number of rotatable bonds is 2. The molecule has 0 aromatic heterocycles. The third-order valence-corrected chi connectivity index (χ3v) is 2.65. The summed E-state index contributed by atoms with van der Waals surface area (Å²) in [5.41, 5.74) is 8.50. The summed E-state index contributed by atoms with van der Waals surface area (Å²) < 4.78 is 0. The molecule has 1 aliphatic heterocycles. The van der Waals surface area contributed by atoms with Crippen LogP contribution in [0.1, 0.15) is 26.7 Å². The lowest BCUT2D eigenvalue weighted by Gasteiger charge is -2.06. The second-order valence-electron chi connectivity index (χ2n) is 3.72. The van der Waals surface area contributed by atoms with E-state index in [-0.39, 0.29) is 0 Å². The molecule has 1 heteroatoms. The Kier molecular flexibility index (Phi) is 2.51. The van der Waals surface area contributed by atoms with Gasteiger partial charge in [0.25, 0.3) is 0 Å². The van der Waals surface area contributed by atoms with Gasteiger partial charge in [-0.05, 0) is 42.7 Å². The Morgan fingerprint density at radius 3 is 3.14 bits per heavy atom. The molecule has 2 aliphatic rings. The predicted octanol–water partition coefficient (Wildman–Crippen LogP) is 3.21. The minimum atomic E-state index is 0.848. The predicted molar refractivity (Wildman–Crippen MR) is 60.6 cm³/mol. The molecule has 0 bridgehead atoms. The summed E-state index contributed by atoms with van der Waals surface area (Å²) >= 11 is 0. The molecule has 0 N–H and O–H groups in total. The van der Waals surface area contributed by atoms with E-state index >= 15 is 0 Å². The summed E-state index contributed by atoms with van der Waals surface area (Å²) in [7, 11) is 0. The summed E-state index contributed by atoms with van der Waals surface area (Å²) in [5, 5.41) is 0. The largest absolute Gasteiger partial charge is 0.285 e. The third-order valence-electron chi connectivity index (χ3n) is 2.65. The second kappa shape index (κ2) is 3.81. The Morgan fingerprint density at radius 1 is 1.50 bits per heavy atom. The lowest BCUT2D eigenvalue weighted by molar-refractivity contribution is 0.922. The molecule has 2 rings (SSSR count). The third kappa shape index (κ3) is 1.51. The van der Waals surface area contributed by atoms with Crippen LogP contribution in [0.3, 0.4) is 0 Å². The van der Waals surface area contributed by atoms with Crippen molar-refractivity contribution in [3.05, 3.63) is 40.7 Å². The van der Waals surface area contributed by atoms with Crippen LogP contribution in [0, 0.1) is 0 Å². The molecule has 0 aromatic carbocycles. The Morgan fingerprint density at radius 2 is 2.36 bits per heavy atom. The Balaban J connectivity index is 2.49. The highest BCUT2D eigenvalue weighted by Crippen LogP contribution is 2.27. The van der Waals surface area contributed by atoms with Crippen molar-refractivity contribution in [3.63, 3.8) is 0 Å². The molecule has 0 saturated carbocycles. The van der Waals surface area contributed by atoms with E-state index in [9.17, 15) is 0 Å². The van der Waals surface area contributed by atoms with Gasteiger partial charge in [-0.3, -0.25) is 4.99 Å². The molecule has 1 aliphatic carbocycles. The topological polar surface area (TPSA) is 12.4 Å². The average molecular weight is 185 g/mol. The lowest BCUT2D eigenvalue weighted by Crippen LogP contribution is -1.98. The van der Waals surface area contributed by atoms with Crippen LogP contribution in [0.25, 0.3) is 0 Å². The number of hydrogen-bond acceptors (Lipinski definition) is 1. The van der Waals surface area contributed by atoms with Crippen molar-refractivity contribution in [2.75, 3.05) is 6.54 Å². The summed E-state index contributed by atoms with van der Waals surface area (Å²) in [6.45, 7) is 5.16. The maximum Gasteiger partial charge on any atom is 0.0649 e. The molecule has 0 saturated heterocycles. The maximum absolute atomic E-state index is 4.48. The molecule has 0 spiro atoms. The van der Waals surface area contributed by atoms with Crippen molar-refractivity contribution in [2.45, 2.75) is 26.7 Å². The van der Waals surface area contributed by atoms with Crippen LogP contribution in [-0.2, 0) is 0 Å². The van der Waals surface area contributed by atoms with Gasteiger partial charge >= 0.3 is 0 Å². The van der Waals surface area contributed by atoms with E-state index in [1.54, 1.807) is 0 Å². The van der Waals surface area contributed by atoms with Crippen LogP contribution < -0.4 is 0 Å². The van der Waals surface area contributed by atoms with Gasteiger partial charge in [-0.15, -0.1) is 5.73 Å². The van der Waals surface area contributed by atoms with E-state index in [1.165, 1.54) is 28.9 Å². The number of allylic oxidation sites excluding steroid dienone is 3. The number of aliphatic imine (C=N–C) groups is 1. The highest BCUT2D eigenvalue weighted by Gasteiger charge is 2.18. The van der Waals surface area contributed by atoms with E-state index in [1.807, 2.05) is 6.08 Å². The fourth-order valence-electron chi connectivity index (χ4n) is 2.00. The van der Waals surface area contributed by atoms with Crippen LogP contribution in [0.2, 0.25) is 0 Å². The van der Waals surface area contributed by atoms with Crippen molar-refractivity contribution >= 4 is 5.71 Å². The minimum Gasteiger partial charge on any atom is -0.285 e. The standard InChI is InChI=1S/C13H15N/c1-3-6-11-7-4-5-8-12-9-14-10(2)13(11)12/h5,7-8H,3,6,9H2,1-2H3. The molecule has 0 unspecified atom stereocenters. The number of fused-ring (bicyclic) bond motifs is 1. The normalized spacial score (nSPS) is 19.3. The molecule has 14 heavy (non-hydrogen) atoms. The van der Waals surface area contributed by atoms with Crippen LogP contribution >= 0.6 is 0 Å². The van der Waals surface area contributed by atoms with E-state index < -0.39 is 0 Å². The summed E-state index contributed by atoms with van der Waals surface area (Å²) in [4.78, 5) is 4.48. The zero-order chi connectivity index (χ0) is 9.97. The van der Waals surface area contributed by atoms with Gasteiger partial charge in [0.2, 0.25) is 0 Å². The zero-order valence-corrected chi connectivity index (χ0v) is 8.80. The zero-order valence-electron chi connectivity index (χ0n) is 8.80. The van der Waals surface area contributed by atoms with Gasteiger partial charge in [0.15, 0.2) is 0 Å². The average Bonchev–Trinajstić information content (AvgIpc) is 2.43. The molecule has 0 radical (unpaired) electrons. The summed E-state index contributed by atoms with van der Waals surface area (Å²) in [5.74, 6) is 0. The van der Waals surface area contributed by atoms with Crippen LogP contribution in [0.4, 0.5) is 0 Å². The van der Waals surface area contributed by atoms with Gasteiger partial charge in [-0.25, -0.2) is 0 Å². The van der Waals surface area contributed by atoms with E-state index in [0.29, 0.717) is 0 Å². The highest BCUT2D eigenvalue weighted by molar-refractivity contribution is 6.06. The first-order valence-electron chi connectivity index (χ1n) is 5.19. The highest BCUT2D eigenvalue weighted by atomic mass is 14.8. The second-order valence-corrected chi connectivity index (χ2v) is 3.72. The fraction of sp³-hybridized carbons (Fsp3) is 0.385. The van der Waals surface area contributed by atoms with Crippen molar-refractivity contribution < 1.29 is 0 Å². The van der Waals surface area contributed by atoms with Gasteiger partial charge in [-0.1, -0.05) is 13.3 Å². The van der Waals surface area contributed by atoms with Gasteiger partial charge in [-0.2, -0.15) is 0 Å². The summed E-state index contributed by atoms with van der Waals surface area (Å²) in [6, 6.07) is 0. The summed E-state index contributed by atoms with van der Waals surface area (Å²) in [6.07, 6.45) is 8.53. The smallest absolute Gasteiger partial charge is 0.0649 e. The number of nitrogens with zero attached hydrogens (tertiary/aromatic N) is 1. The van der Waals surface area contributed by atoms with Crippen molar-refractivity contribution in [2.24, 2.45) is 4.99 Å². The Bertz CT molecular complexity index is 399. The monoisotopic (exact) mass is 185 g/mol. The van der Waals surface area contributed by atoms with Gasteiger partial charge in [0, 0.05) is 11.3 Å². The Labute approximate surface area is 85.2 Å². The van der Waals surface area contributed by atoms with Crippen LogP contribution in [0.5, 0.6) is 0 Å². The molecule has 1 nitrogen and oxygen atoms in total. The fourth-order valence-corrected chi connectivity index (χ4v) is 2.00. The van der Waals surface area contributed by atoms with Gasteiger partial charge in [0.05, 0.1) is 6.54 Å². The molecule has 0 fully saturated rings. The van der Waals surface area contributed by atoms with E-state index in [0.717, 1.165) is 13.0 Å². The molecule has 0 aromatic rings. The van der Waals surface area contributed by atoms with Gasteiger partial charge in [0.1, 0.15) is 0 Å². The number of hydrogen-bond donors (Lipinski definition) is 0. The minimum absolute atomic E-state index is 0.848. The lowest BCUT2D eigenvalue weighted by atomic mass is 9.96. The molecule has 0 atom stereocenters. The maximum atomic E-state index is 4.48. The van der Waals surface area contributed by atoms with Crippen LogP contribution in [0.15, 0.2) is 45.7 Å². The molecule has 0 amide bonds. The van der Waals surface area contributed by atoms with Gasteiger partial charge < -0.3 is 0 Å². The quantitative estimate of drug-likeness (QED) is 0.586. The first-order valence-corrected chi connectivity index (χ1v) is 5.19. The van der Waals surface area contributed by atoms with Crippen molar-refractivity contribution in [1.29, 1.82) is 0 Å². The molecular weight excluding hydrogens is 170 g/mol. The van der Waals surface area contributed by atoms with Crippen LogP contribution in [-0.4, -0.2) is 12.3 Å². The van der Waals surface area contributed by atoms with E-state index in [2.05, 4.69) is 36.7 Å². The molecular formula is C13H15N. The van der Waals surface area contributed by atoms with Crippen molar-refractivity contribution in [1.82, 2.24) is 0 Å². The first kappa shape index (κ1) is 9.23. The van der Waals surface area contributed by atoms with Crippen molar-refractivity contribution in [3.8, 4) is 0 Å². The first-order chi connectivity index (χ1) is 6.83. The SMILES string of the molecule is CCCC1=C2C(=CC=C=C1)CN=C2C. The molecule has 72 valence electrons. The van der Waals surface area contributed by atoms with E-state index in [4.69, 9.17) is 0 Å².